The minimum absolute atomic E-state index is 0.0757. The molecule has 1 aromatic carbocycles. The number of nitrogens with one attached hydrogen (secondary N) is 3. The number of hydrogen-bond donors (Lipinski definition) is 3. The molecule has 1 atom stereocenters. The van der Waals surface area contributed by atoms with Crippen molar-refractivity contribution in [2.75, 3.05) is 5.32 Å². The van der Waals surface area contributed by atoms with E-state index in [4.69, 9.17) is 0 Å². The van der Waals surface area contributed by atoms with Crippen LogP contribution >= 0.6 is 11.3 Å². The highest BCUT2D eigenvalue weighted by atomic mass is 32.1. The number of amides is 3. The largest absolute Gasteiger partial charge is 0.349 e. The topological polar surface area (TPSA) is 87.3 Å². The number of hydrogen-bond acceptors (Lipinski definition) is 4. The third kappa shape index (κ3) is 5.66. The average Bonchev–Trinajstić information content (AvgIpc) is 3.35. The molecule has 1 saturated carbocycles. The van der Waals surface area contributed by atoms with Crippen LogP contribution in [0.2, 0.25) is 0 Å². The molecule has 7 heteroatoms. The molecule has 3 amide bonds. The van der Waals surface area contributed by atoms with Gasteiger partial charge in [0.15, 0.2) is 0 Å². The first-order chi connectivity index (χ1) is 13.5. The summed E-state index contributed by atoms with van der Waals surface area (Å²) in [5.74, 6) is -0.452. The maximum absolute atomic E-state index is 12.4. The fourth-order valence-electron chi connectivity index (χ4n) is 3.40. The van der Waals surface area contributed by atoms with Gasteiger partial charge in [0.1, 0.15) is 0 Å². The molecule has 1 fully saturated rings. The lowest BCUT2D eigenvalue weighted by Gasteiger charge is -2.16. The normalized spacial score (nSPS) is 15.0. The van der Waals surface area contributed by atoms with Crippen molar-refractivity contribution < 1.29 is 14.4 Å². The van der Waals surface area contributed by atoms with Crippen LogP contribution in [0.3, 0.4) is 0 Å². The van der Waals surface area contributed by atoms with Crippen LogP contribution in [0.25, 0.3) is 0 Å². The van der Waals surface area contributed by atoms with Gasteiger partial charge in [-0.3, -0.25) is 14.4 Å². The SMILES string of the molecule is CC(=O)NC(CC(=O)Nc1ccc(C(=O)NC2CCCC2)cc1)c1cccs1. The Bertz CT molecular complexity index is 812. The molecule has 0 spiro atoms. The second-order valence-electron chi connectivity index (χ2n) is 7.05. The van der Waals surface area contributed by atoms with E-state index in [2.05, 4.69) is 16.0 Å². The number of thiophene rings is 1. The second kappa shape index (κ2) is 9.50. The predicted molar refractivity (Wildman–Crippen MR) is 110 cm³/mol. The van der Waals surface area contributed by atoms with Crippen LogP contribution < -0.4 is 16.0 Å². The van der Waals surface area contributed by atoms with E-state index in [1.165, 1.54) is 31.1 Å². The van der Waals surface area contributed by atoms with Crippen LogP contribution in [-0.4, -0.2) is 23.8 Å². The number of carbonyl (C=O) groups excluding carboxylic acids is 3. The highest BCUT2D eigenvalue weighted by molar-refractivity contribution is 7.10. The van der Waals surface area contributed by atoms with E-state index in [0.29, 0.717) is 11.3 Å². The lowest BCUT2D eigenvalue weighted by molar-refractivity contribution is -0.120. The summed E-state index contributed by atoms with van der Waals surface area (Å²) < 4.78 is 0. The van der Waals surface area contributed by atoms with Gasteiger partial charge < -0.3 is 16.0 Å². The Morgan fingerprint density at radius 1 is 1.11 bits per heavy atom. The van der Waals surface area contributed by atoms with Gasteiger partial charge in [0.2, 0.25) is 11.8 Å². The van der Waals surface area contributed by atoms with Crippen LogP contribution in [0.4, 0.5) is 5.69 Å². The molecule has 28 heavy (non-hydrogen) atoms. The van der Waals surface area contributed by atoms with Gasteiger partial charge in [-0.15, -0.1) is 11.3 Å². The molecule has 1 aromatic heterocycles. The van der Waals surface area contributed by atoms with E-state index in [1.807, 2.05) is 17.5 Å². The highest BCUT2D eigenvalue weighted by Crippen LogP contribution is 2.23. The van der Waals surface area contributed by atoms with Crippen molar-refractivity contribution in [3.05, 3.63) is 52.2 Å². The quantitative estimate of drug-likeness (QED) is 0.664. The van der Waals surface area contributed by atoms with E-state index in [9.17, 15) is 14.4 Å². The van der Waals surface area contributed by atoms with E-state index in [0.717, 1.165) is 17.7 Å². The zero-order valence-corrected chi connectivity index (χ0v) is 16.7. The van der Waals surface area contributed by atoms with Crippen molar-refractivity contribution >= 4 is 34.7 Å². The molecule has 3 N–H and O–H groups in total. The molecule has 1 heterocycles. The van der Waals surface area contributed by atoms with E-state index in [1.54, 1.807) is 24.3 Å². The Labute approximate surface area is 168 Å². The Hall–Kier alpha value is -2.67. The van der Waals surface area contributed by atoms with Crippen LogP contribution in [0.15, 0.2) is 41.8 Å². The van der Waals surface area contributed by atoms with E-state index in [-0.39, 0.29) is 36.2 Å². The third-order valence-corrected chi connectivity index (χ3v) is 5.76. The highest BCUT2D eigenvalue weighted by Gasteiger charge is 2.19. The third-order valence-electron chi connectivity index (χ3n) is 4.77. The second-order valence-corrected chi connectivity index (χ2v) is 8.03. The first-order valence-corrected chi connectivity index (χ1v) is 10.4. The van der Waals surface area contributed by atoms with E-state index >= 15 is 0 Å². The monoisotopic (exact) mass is 399 g/mol. The lowest BCUT2D eigenvalue weighted by atomic mass is 10.1. The van der Waals surface area contributed by atoms with Crippen LogP contribution in [0.1, 0.15) is 60.3 Å². The first-order valence-electron chi connectivity index (χ1n) is 9.52. The number of benzene rings is 1. The number of rotatable bonds is 7. The van der Waals surface area contributed by atoms with Gasteiger partial charge in [0.25, 0.3) is 5.91 Å². The molecule has 0 aliphatic heterocycles. The summed E-state index contributed by atoms with van der Waals surface area (Å²) in [4.78, 5) is 37.1. The summed E-state index contributed by atoms with van der Waals surface area (Å²) in [6.07, 6.45) is 4.56. The molecular weight excluding hydrogens is 374 g/mol. The van der Waals surface area contributed by atoms with Crippen molar-refractivity contribution in [2.24, 2.45) is 0 Å². The fraction of sp³-hybridized carbons (Fsp3) is 0.381. The summed E-state index contributed by atoms with van der Waals surface area (Å²) >= 11 is 1.50. The molecule has 0 radical (unpaired) electrons. The van der Waals surface area contributed by atoms with Crippen molar-refractivity contribution in [3.8, 4) is 0 Å². The molecule has 6 nitrogen and oxygen atoms in total. The minimum Gasteiger partial charge on any atom is -0.349 e. The molecule has 1 aliphatic carbocycles. The maximum atomic E-state index is 12.4. The molecule has 1 unspecified atom stereocenters. The Kier molecular flexibility index (Phi) is 6.81. The maximum Gasteiger partial charge on any atom is 0.251 e. The first kappa shape index (κ1) is 20.1. The summed E-state index contributed by atoms with van der Waals surface area (Å²) in [6, 6.07) is 10.6. The smallest absolute Gasteiger partial charge is 0.251 e. The summed E-state index contributed by atoms with van der Waals surface area (Å²) in [5, 5.41) is 10.6. The molecule has 3 rings (SSSR count). The summed E-state index contributed by atoms with van der Waals surface area (Å²) in [5.41, 5.74) is 1.20. The van der Waals surface area contributed by atoms with Gasteiger partial charge in [-0.2, -0.15) is 0 Å². The van der Waals surface area contributed by atoms with Gasteiger partial charge in [0.05, 0.1) is 12.5 Å². The molecule has 1 aliphatic rings. The van der Waals surface area contributed by atoms with Crippen LogP contribution in [0.5, 0.6) is 0 Å². The fourth-order valence-corrected chi connectivity index (χ4v) is 4.18. The standard InChI is InChI=1S/C21H25N3O3S/c1-14(25)22-18(19-7-4-12-28-19)13-20(26)23-17-10-8-15(9-11-17)21(27)24-16-5-2-3-6-16/h4,7-12,16,18H,2-3,5-6,13H2,1H3,(H,22,25)(H,23,26)(H,24,27). The molecule has 148 valence electrons. The van der Waals surface area contributed by atoms with Crippen molar-refractivity contribution in [1.29, 1.82) is 0 Å². The van der Waals surface area contributed by atoms with E-state index < -0.39 is 0 Å². The van der Waals surface area contributed by atoms with Crippen LogP contribution in [0, 0.1) is 0 Å². The summed E-state index contributed by atoms with van der Waals surface area (Å²) in [6.45, 7) is 1.44. The van der Waals surface area contributed by atoms with Gasteiger partial charge in [-0.25, -0.2) is 0 Å². The zero-order chi connectivity index (χ0) is 19.9. The lowest BCUT2D eigenvalue weighted by Crippen LogP contribution is -2.32. The zero-order valence-electron chi connectivity index (χ0n) is 15.9. The molecule has 0 saturated heterocycles. The molecule has 2 aromatic rings. The Balaban J connectivity index is 1.55. The van der Waals surface area contributed by atoms with Gasteiger partial charge in [-0.1, -0.05) is 18.9 Å². The number of carbonyl (C=O) groups is 3. The molecule has 0 bridgehead atoms. The van der Waals surface area contributed by atoms with Crippen molar-refractivity contribution in [1.82, 2.24) is 10.6 Å². The Morgan fingerprint density at radius 3 is 2.43 bits per heavy atom. The van der Waals surface area contributed by atoms with Crippen molar-refractivity contribution in [2.45, 2.75) is 51.1 Å². The summed E-state index contributed by atoms with van der Waals surface area (Å²) in [7, 11) is 0. The van der Waals surface area contributed by atoms with Gasteiger partial charge in [-0.05, 0) is 48.6 Å². The average molecular weight is 400 g/mol. The van der Waals surface area contributed by atoms with Crippen LogP contribution in [-0.2, 0) is 9.59 Å². The predicted octanol–water partition coefficient (Wildman–Crippen LogP) is 3.63. The number of anilines is 1. The van der Waals surface area contributed by atoms with Crippen molar-refractivity contribution in [3.63, 3.8) is 0 Å². The molecular formula is C21H25N3O3S. The Morgan fingerprint density at radius 2 is 1.82 bits per heavy atom. The van der Waals surface area contributed by atoms with Gasteiger partial charge in [0, 0.05) is 29.1 Å². The minimum atomic E-state index is -0.353. The van der Waals surface area contributed by atoms with Gasteiger partial charge >= 0.3 is 0 Å².